The van der Waals surface area contributed by atoms with Gasteiger partial charge >= 0.3 is 0 Å². The summed E-state index contributed by atoms with van der Waals surface area (Å²) in [5.74, 6) is 0.174. The zero-order chi connectivity index (χ0) is 19.7. The molecule has 1 aromatic heterocycles. The number of amides is 1. The quantitative estimate of drug-likeness (QED) is 0.709. The molecule has 1 amide bonds. The summed E-state index contributed by atoms with van der Waals surface area (Å²) in [7, 11) is 0. The number of H-pyrrole nitrogens is 1. The number of nitrogens with one attached hydrogen (secondary N) is 1. The van der Waals surface area contributed by atoms with Crippen molar-refractivity contribution in [1.29, 1.82) is 0 Å². The molecule has 5 heteroatoms. The number of halogens is 1. The molecule has 0 aliphatic carbocycles. The minimum absolute atomic E-state index is 0.174. The molecule has 1 N–H and O–H groups in total. The van der Waals surface area contributed by atoms with Crippen molar-refractivity contribution >= 4 is 28.4 Å². The van der Waals surface area contributed by atoms with E-state index in [-0.39, 0.29) is 5.91 Å². The molecule has 0 unspecified atom stereocenters. The van der Waals surface area contributed by atoms with E-state index in [1.807, 2.05) is 49.2 Å². The predicted molar refractivity (Wildman–Crippen MR) is 115 cm³/mol. The van der Waals surface area contributed by atoms with Crippen LogP contribution in [0.3, 0.4) is 0 Å². The van der Waals surface area contributed by atoms with Gasteiger partial charge in [0.05, 0.1) is 5.41 Å². The van der Waals surface area contributed by atoms with E-state index in [1.165, 1.54) is 5.56 Å². The van der Waals surface area contributed by atoms with Crippen molar-refractivity contribution < 1.29 is 4.79 Å². The molecular formula is C23H26ClN3O. The number of hydrogen-bond donors (Lipinski definition) is 1. The van der Waals surface area contributed by atoms with Crippen LogP contribution in [0.1, 0.15) is 25.0 Å². The minimum atomic E-state index is -0.607. The Labute approximate surface area is 171 Å². The number of carbonyl (C=O) groups is 1. The third-order valence-corrected chi connectivity index (χ3v) is 6.00. The predicted octanol–water partition coefficient (Wildman–Crippen LogP) is 4.44. The summed E-state index contributed by atoms with van der Waals surface area (Å²) in [6, 6.07) is 16.3. The van der Waals surface area contributed by atoms with Crippen LogP contribution in [0, 0.1) is 0 Å². The Morgan fingerprint density at radius 2 is 1.79 bits per heavy atom. The van der Waals surface area contributed by atoms with Crippen molar-refractivity contribution in [1.82, 2.24) is 14.8 Å². The average Bonchev–Trinajstić information content (AvgIpc) is 3.12. The van der Waals surface area contributed by atoms with E-state index in [0.29, 0.717) is 5.02 Å². The van der Waals surface area contributed by atoms with Gasteiger partial charge in [0.25, 0.3) is 0 Å². The number of rotatable bonds is 4. The highest BCUT2D eigenvalue weighted by atomic mass is 35.5. The molecule has 2 aromatic carbocycles. The molecule has 0 atom stereocenters. The molecule has 4 rings (SSSR count). The summed E-state index contributed by atoms with van der Waals surface area (Å²) in [6.45, 7) is 8.28. The van der Waals surface area contributed by atoms with Crippen LogP contribution < -0.4 is 0 Å². The first-order valence-corrected chi connectivity index (χ1v) is 10.2. The van der Waals surface area contributed by atoms with E-state index in [4.69, 9.17) is 11.6 Å². The van der Waals surface area contributed by atoms with Crippen LogP contribution in [0.5, 0.6) is 0 Å². The number of benzene rings is 2. The molecule has 4 nitrogen and oxygen atoms in total. The first-order valence-electron chi connectivity index (χ1n) is 9.78. The average molecular weight is 396 g/mol. The lowest BCUT2D eigenvalue weighted by Crippen LogP contribution is -2.52. The highest BCUT2D eigenvalue weighted by Crippen LogP contribution is 2.33. The highest BCUT2D eigenvalue weighted by molar-refractivity contribution is 6.31. The van der Waals surface area contributed by atoms with Crippen molar-refractivity contribution in [2.75, 3.05) is 26.2 Å². The first kappa shape index (κ1) is 19.0. The van der Waals surface area contributed by atoms with E-state index in [2.05, 4.69) is 34.1 Å². The molecule has 28 heavy (non-hydrogen) atoms. The fraction of sp³-hybridized carbons (Fsp3) is 0.348. The van der Waals surface area contributed by atoms with Crippen LogP contribution in [-0.2, 0) is 16.8 Å². The van der Waals surface area contributed by atoms with Crippen LogP contribution in [0.4, 0.5) is 0 Å². The van der Waals surface area contributed by atoms with E-state index < -0.39 is 5.41 Å². The van der Waals surface area contributed by atoms with Crippen LogP contribution in [0.2, 0.25) is 5.02 Å². The first-order chi connectivity index (χ1) is 13.4. The smallest absolute Gasteiger partial charge is 0.232 e. The fourth-order valence-corrected chi connectivity index (χ4v) is 4.24. The van der Waals surface area contributed by atoms with Gasteiger partial charge in [0.15, 0.2) is 0 Å². The van der Waals surface area contributed by atoms with Gasteiger partial charge in [-0.1, -0.05) is 41.9 Å². The molecule has 0 spiro atoms. The standard InChI is InChI=1S/C23H26ClN3O/c1-23(2,20-15-25-21-9-8-18(24)14-19(20)21)22(28)27-12-10-26(11-13-27)16-17-6-4-3-5-7-17/h3-9,14-15,25H,10-13,16H2,1-2H3. The molecule has 146 valence electrons. The maximum atomic E-state index is 13.4. The van der Waals surface area contributed by atoms with Gasteiger partial charge in [-0.05, 0) is 43.2 Å². The van der Waals surface area contributed by atoms with Crippen molar-refractivity contribution in [3.63, 3.8) is 0 Å². The van der Waals surface area contributed by atoms with Gasteiger partial charge in [0.1, 0.15) is 0 Å². The van der Waals surface area contributed by atoms with E-state index >= 15 is 0 Å². The van der Waals surface area contributed by atoms with Crippen LogP contribution in [0.15, 0.2) is 54.7 Å². The SMILES string of the molecule is CC(C)(C(=O)N1CCN(Cc2ccccc2)CC1)c1c[nH]c2ccc(Cl)cc12. The summed E-state index contributed by atoms with van der Waals surface area (Å²) in [5.41, 5.74) is 2.72. The van der Waals surface area contributed by atoms with E-state index in [9.17, 15) is 4.79 Å². The molecule has 0 saturated carbocycles. The van der Waals surface area contributed by atoms with Crippen molar-refractivity contribution in [2.45, 2.75) is 25.8 Å². The Morgan fingerprint density at radius 1 is 1.07 bits per heavy atom. The Morgan fingerprint density at radius 3 is 2.50 bits per heavy atom. The zero-order valence-electron chi connectivity index (χ0n) is 16.4. The number of fused-ring (bicyclic) bond motifs is 1. The number of aromatic nitrogens is 1. The molecule has 1 aliphatic rings. The van der Waals surface area contributed by atoms with Crippen molar-refractivity contribution in [3.8, 4) is 0 Å². The summed E-state index contributed by atoms with van der Waals surface area (Å²) in [5, 5.41) is 1.71. The fourth-order valence-electron chi connectivity index (χ4n) is 4.07. The lowest BCUT2D eigenvalue weighted by molar-refractivity contribution is -0.138. The minimum Gasteiger partial charge on any atom is -0.361 e. The van der Waals surface area contributed by atoms with Gasteiger partial charge in [-0.15, -0.1) is 0 Å². The van der Waals surface area contributed by atoms with E-state index in [1.54, 1.807) is 0 Å². The second-order valence-electron chi connectivity index (χ2n) is 8.07. The number of piperazine rings is 1. The van der Waals surface area contributed by atoms with Gasteiger partial charge < -0.3 is 9.88 Å². The third kappa shape index (κ3) is 3.67. The monoisotopic (exact) mass is 395 g/mol. The Bertz CT molecular complexity index is 972. The molecule has 0 bridgehead atoms. The molecule has 0 radical (unpaired) electrons. The van der Waals surface area contributed by atoms with Gasteiger partial charge in [-0.2, -0.15) is 0 Å². The second kappa shape index (κ2) is 7.61. The number of aromatic amines is 1. The molecule has 1 fully saturated rings. The lowest BCUT2D eigenvalue weighted by atomic mass is 9.82. The maximum absolute atomic E-state index is 13.4. The van der Waals surface area contributed by atoms with Gasteiger partial charge in [0.2, 0.25) is 5.91 Å². The largest absolute Gasteiger partial charge is 0.361 e. The molecule has 2 heterocycles. The number of nitrogens with zero attached hydrogens (tertiary/aromatic N) is 2. The van der Waals surface area contributed by atoms with Crippen LogP contribution in [0.25, 0.3) is 10.9 Å². The number of carbonyl (C=O) groups excluding carboxylic acids is 1. The Hall–Kier alpha value is -2.30. The van der Waals surface area contributed by atoms with Crippen molar-refractivity contribution in [3.05, 3.63) is 70.9 Å². The number of hydrogen-bond acceptors (Lipinski definition) is 2. The van der Waals surface area contributed by atoms with Gasteiger partial charge in [0, 0.05) is 54.8 Å². The zero-order valence-corrected chi connectivity index (χ0v) is 17.2. The maximum Gasteiger partial charge on any atom is 0.232 e. The van der Waals surface area contributed by atoms with Crippen LogP contribution >= 0.6 is 11.6 Å². The van der Waals surface area contributed by atoms with Crippen molar-refractivity contribution in [2.24, 2.45) is 0 Å². The topological polar surface area (TPSA) is 39.3 Å². The summed E-state index contributed by atoms with van der Waals surface area (Å²) in [4.78, 5) is 21.1. The molecule has 1 aliphatic heterocycles. The highest BCUT2D eigenvalue weighted by Gasteiger charge is 2.36. The van der Waals surface area contributed by atoms with E-state index in [0.717, 1.165) is 49.2 Å². The molecule has 3 aromatic rings. The molecular weight excluding hydrogens is 370 g/mol. The molecule has 1 saturated heterocycles. The Kier molecular flexibility index (Phi) is 5.17. The van der Waals surface area contributed by atoms with Gasteiger partial charge in [-0.3, -0.25) is 9.69 Å². The summed E-state index contributed by atoms with van der Waals surface area (Å²) >= 11 is 6.19. The third-order valence-electron chi connectivity index (χ3n) is 5.76. The normalized spacial score (nSPS) is 15.9. The summed E-state index contributed by atoms with van der Waals surface area (Å²) < 4.78 is 0. The summed E-state index contributed by atoms with van der Waals surface area (Å²) in [6.07, 6.45) is 1.95. The second-order valence-corrected chi connectivity index (χ2v) is 8.51. The van der Waals surface area contributed by atoms with Gasteiger partial charge in [-0.25, -0.2) is 0 Å². The Balaban J connectivity index is 1.46. The van der Waals surface area contributed by atoms with Crippen LogP contribution in [-0.4, -0.2) is 46.9 Å². The lowest BCUT2D eigenvalue weighted by Gasteiger charge is -2.38.